The Morgan fingerprint density at radius 1 is 1.38 bits per heavy atom. The number of amides is 1. The highest BCUT2D eigenvalue weighted by atomic mass is 16.5. The van der Waals surface area contributed by atoms with E-state index in [0.717, 1.165) is 43.7 Å². The predicted octanol–water partition coefficient (Wildman–Crippen LogP) is 1.24. The number of nitrogens with zero attached hydrogens (tertiary/aromatic N) is 4. The highest BCUT2D eigenvalue weighted by Gasteiger charge is 2.31. The zero-order chi connectivity index (χ0) is 16.5. The molecule has 0 bridgehead atoms. The van der Waals surface area contributed by atoms with E-state index in [1.807, 2.05) is 18.2 Å². The van der Waals surface area contributed by atoms with Gasteiger partial charge in [0.15, 0.2) is 5.82 Å². The van der Waals surface area contributed by atoms with Crippen LogP contribution in [-0.2, 0) is 4.79 Å². The number of benzene rings is 1. The van der Waals surface area contributed by atoms with Crippen LogP contribution in [0.4, 0.5) is 5.69 Å². The van der Waals surface area contributed by atoms with E-state index >= 15 is 0 Å². The van der Waals surface area contributed by atoms with Crippen molar-refractivity contribution in [2.24, 2.45) is 0 Å². The van der Waals surface area contributed by atoms with Crippen molar-refractivity contribution in [3.8, 4) is 11.4 Å². The van der Waals surface area contributed by atoms with E-state index in [2.05, 4.69) is 26.2 Å². The Morgan fingerprint density at radius 2 is 2.25 bits per heavy atom. The molecule has 1 aliphatic carbocycles. The molecule has 2 aliphatic rings. The monoisotopic (exact) mass is 328 g/mol. The van der Waals surface area contributed by atoms with Crippen molar-refractivity contribution in [1.29, 1.82) is 0 Å². The smallest absolute Gasteiger partial charge is 0.241 e. The topological polar surface area (TPSA) is 94.0 Å². The number of carbonyl (C=O) groups excluding carboxylic acids is 1. The number of nitrogens with one attached hydrogen (secondary N) is 2. The Bertz CT molecular complexity index is 749. The summed E-state index contributed by atoms with van der Waals surface area (Å²) in [7, 11) is 1.61. The third-order valence-corrected chi connectivity index (χ3v) is 4.49. The van der Waals surface area contributed by atoms with Gasteiger partial charge in [-0.1, -0.05) is 0 Å². The van der Waals surface area contributed by atoms with Crippen molar-refractivity contribution in [1.82, 2.24) is 25.5 Å². The first kappa shape index (κ1) is 15.1. The summed E-state index contributed by atoms with van der Waals surface area (Å²) in [6.07, 6.45) is 4.11. The number of rotatable bonds is 5. The third-order valence-electron chi connectivity index (χ3n) is 4.49. The van der Waals surface area contributed by atoms with Gasteiger partial charge in [0.25, 0.3) is 0 Å². The molecular weight excluding hydrogens is 308 g/mol. The maximum absolute atomic E-state index is 12.3. The lowest BCUT2D eigenvalue weighted by atomic mass is 10.2. The fourth-order valence-corrected chi connectivity index (χ4v) is 3.03. The molecule has 126 valence electrons. The second-order valence-electron chi connectivity index (χ2n) is 6.25. The van der Waals surface area contributed by atoms with E-state index < -0.39 is 0 Å². The van der Waals surface area contributed by atoms with Gasteiger partial charge in [-0.05, 0) is 60.9 Å². The van der Waals surface area contributed by atoms with Gasteiger partial charge in [0, 0.05) is 11.6 Å². The van der Waals surface area contributed by atoms with Crippen molar-refractivity contribution < 1.29 is 9.53 Å². The molecule has 8 nitrogen and oxygen atoms in total. The van der Waals surface area contributed by atoms with E-state index in [1.165, 1.54) is 0 Å². The van der Waals surface area contributed by atoms with Crippen LogP contribution in [0.2, 0.25) is 0 Å². The molecule has 1 aromatic heterocycles. The van der Waals surface area contributed by atoms with E-state index in [1.54, 1.807) is 11.8 Å². The normalized spacial score (nSPS) is 20.1. The van der Waals surface area contributed by atoms with Crippen LogP contribution in [0.25, 0.3) is 5.69 Å². The molecule has 4 rings (SSSR count). The Balaban J connectivity index is 1.63. The molecule has 8 heteroatoms. The van der Waals surface area contributed by atoms with Crippen molar-refractivity contribution in [3.05, 3.63) is 24.0 Å². The lowest BCUT2D eigenvalue weighted by Gasteiger charge is -2.14. The minimum atomic E-state index is -0.120. The molecule has 1 saturated carbocycles. The minimum Gasteiger partial charge on any atom is -0.494 e. The van der Waals surface area contributed by atoms with Crippen molar-refractivity contribution in [2.45, 2.75) is 37.6 Å². The number of hydrogen-bond acceptors (Lipinski definition) is 6. The van der Waals surface area contributed by atoms with Crippen LogP contribution in [-0.4, -0.2) is 45.8 Å². The van der Waals surface area contributed by atoms with Crippen molar-refractivity contribution in [2.75, 3.05) is 19.0 Å². The number of methoxy groups -OCH3 is 1. The van der Waals surface area contributed by atoms with Crippen LogP contribution in [0.15, 0.2) is 18.2 Å². The lowest BCUT2D eigenvalue weighted by Crippen LogP contribution is -2.35. The van der Waals surface area contributed by atoms with Gasteiger partial charge in [0.1, 0.15) is 11.4 Å². The standard InChI is InChI=1S/C16H20N6O2/c1-24-14-7-6-11(18-16(23)12-3-2-8-17-12)9-13(14)22-15(10-4-5-10)19-20-21-22/h6-7,9-10,12,17H,2-5,8H2,1H3,(H,18,23). The summed E-state index contributed by atoms with van der Waals surface area (Å²) in [6, 6.07) is 5.39. The molecule has 1 unspecified atom stereocenters. The number of anilines is 1. The molecule has 1 saturated heterocycles. The highest BCUT2D eigenvalue weighted by Crippen LogP contribution is 2.40. The average molecular weight is 328 g/mol. The molecule has 0 radical (unpaired) electrons. The SMILES string of the molecule is COc1ccc(NC(=O)C2CCCN2)cc1-n1nnnc1C1CC1. The van der Waals surface area contributed by atoms with Crippen LogP contribution in [0.3, 0.4) is 0 Å². The lowest BCUT2D eigenvalue weighted by molar-refractivity contribution is -0.117. The maximum Gasteiger partial charge on any atom is 0.241 e. The molecule has 1 aromatic carbocycles. The molecule has 0 spiro atoms. The molecular formula is C16H20N6O2. The Hall–Kier alpha value is -2.48. The summed E-state index contributed by atoms with van der Waals surface area (Å²) >= 11 is 0. The zero-order valence-corrected chi connectivity index (χ0v) is 13.5. The Morgan fingerprint density at radius 3 is 2.96 bits per heavy atom. The van der Waals surface area contributed by atoms with Crippen LogP contribution in [0, 0.1) is 0 Å². The van der Waals surface area contributed by atoms with Crippen LogP contribution in [0.5, 0.6) is 5.75 Å². The molecule has 2 heterocycles. The fourth-order valence-electron chi connectivity index (χ4n) is 3.03. The largest absolute Gasteiger partial charge is 0.494 e. The molecule has 1 amide bonds. The first-order valence-electron chi connectivity index (χ1n) is 8.27. The van der Waals surface area contributed by atoms with Crippen LogP contribution in [0.1, 0.15) is 37.4 Å². The Labute approximate surface area is 139 Å². The van der Waals surface area contributed by atoms with Gasteiger partial charge in [-0.15, -0.1) is 5.10 Å². The van der Waals surface area contributed by atoms with E-state index in [-0.39, 0.29) is 11.9 Å². The van der Waals surface area contributed by atoms with Gasteiger partial charge in [-0.2, -0.15) is 4.68 Å². The maximum atomic E-state index is 12.3. The average Bonchev–Trinajstić information content (AvgIpc) is 3.11. The zero-order valence-electron chi connectivity index (χ0n) is 13.5. The molecule has 1 aliphatic heterocycles. The predicted molar refractivity (Wildman–Crippen MR) is 87.3 cm³/mol. The summed E-state index contributed by atoms with van der Waals surface area (Å²) in [5.74, 6) is 1.91. The van der Waals surface area contributed by atoms with Crippen molar-refractivity contribution >= 4 is 11.6 Å². The fraction of sp³-hybridized carbons (Fsp3) is 0.500. The molecule has 2 N–H and O–H groups in total. The van der Waals surface area contributed by atoms with Gasteiger partial charge in [-0.3, -0.25) is 4.79 Å². The van der Waals surface area contributed by atoms with Gasteiger partial charge in [0.05, 0.1) is 13.2 Å². The minimum absolute atomic E-state index is 0.0113. The number of aromatic nitrogens is 4. The van der Waals surface area contributed by atoms with Gasteiger partial charge < -0.3 is 15.4 Å². The number of ether oxygens (including phenoxy) is 1. The molecule has 1 atom stereocenters. The number of hydrogen-bond donors (Lipinski definition) is 2. The summed E-state index contributed by atoms with van der Waals surface area (Å²) in [5.41, 5.74) is 1.45. The van der Waals surface area contributed by atoms with E-state index in [4.69, 9.17) is 4.74 Å². The first-order chi connectivity index (χ1) is 11.8. The van der Waals surface area contributed by atoms with E-state index in [9.17, 15) is 4.79 Å². The second-order valence-corrected chi connectivity index (χ2v) is 6.25. The van der Waals surface area contributed by atoms with Gasteiger partial charge in [-0.25, -0.2) is 0 Å². The summed E-state index contributed by atoms with van der Waals surface area (Å²) in [5, 5.41) is 18.2. The third kappa shape index (κ3) is 2.84. The molecule has 24 heavy (non-hydrogen) atoms. The van der Waals surface area contributed by atoms with Crippen LogP contribution >= 0.6 is 0 Å². The molecule has 2 aromatic rings. The summed E-state index contributed by atoms with van der Waals surface area (Å²) in [6.45, 7) is 0.890. The van der Waals surface area contributed by atoms with Crippen molar-refractivity contribution in [3.63, 3.8) is 0 Å². The summed E-state index contributed by atoms with van der Waals surface area (Å²) < 4.78 is 7.15. The first-order valence-corrected chi connectivity index (χ1v) is 8.27. The quantitative estimate of drug-likeness (QED) is 0.857. The summed E-state index contributed by atoms with van der Waals surface area (Å²) in [4.78, 5) is 12.3. The Kier molecular flexibility index (Phi) is 3.89. The highest BCUT2D eigenvalue weighted by molar-refractivity contribution is 5.95. The number of carbonyl (C=O) groups is 1. The van der Waals surface area contributed by atoms with Crippen LogP contribution < -0.4 is 15.4 Å². The molecule has 2 fully saturated rings. The van der Waals surface area contributed by atoms with Gasteiger partial charge in [0.2, 0.25) is 5.91 Å². The van der Waals surface area contributed by atoms with Gasteiger partial charge >= 0.3 is 0 Å². The second kappa shape index (κ2) is 6.20. The number of tetrazole rings is 1. The van der Waals surface area contributed by atoms with E-state index in [0.29, 0.717) is 17.4 Å².